The number of carbonyl (C=O) groups is 1. The van der Waals surface area contributed by atoms with Gasteiger partial charge in [-0.05, 0) is 37.8 Å². The Morgan fingerprint density at radius 1 is 1.35 bits per heavy atom. The first-order valence-electron chi connectivity index (χ1n) is 8.24. The van der Waals surface area contributed by atoms with Crippen LogP contribution in [0.2, 0.25) is 0 Å². The van der Waals surface area contributed by atoms with Crippen molar-refractivity contribution < 1.29 is 9.53 Å². The third-order valence-corrected chi connectivity index (χ3v) is 4.39. The Bertz CT molecular complexity index is 691. The molecule has 3 rings (SSSR count). The fourth-order valence-electron chi connectivity index (χ4n) is 3.07. The standard InChI is InChI=1S/C18H23N3O2/c1-4-13-6-8-14(9-7-13)16-10-12(3)21-17(20-16)15(11-19-21)18(22)23-5-2/h6-9,11-12,16,20H,4-5,10H2,1-3H3. The molecule has 0 bridgehead atoms. The number of carbonyl (C=O) groups excluding carboxylic acids is 1. The van der Waals surface area contributed by atoms with Crippen molar-refractivity contribution in [3.8, 4) is 0 Å². The highest BCUT2D eigenvalue weighted by molar-refractivity contribution is 5.94. The number of aromatic nitrogens is 2. The molecule has 0 aliphatic carbocycles. The SMILES string of the molecule is CCOC(=O)c1cnn2c1NC(c1ccc(CC)cc1)CC2C. The maximum absolute atomic E-state index is 12.1. The van der Waals surface area contributed by atoms with E-state index in [1.165, 1.54) is 11.1 Å². The molecule has 2 aromatic rings. The molecule has 0 radical (unpaired) electrons. The minimum absolute atomic E-state index is 0.174. The first kappa shape index (κ1) is 15.6. The first-order chi connectivity index (χ1) is 11.1. The summed E-state index contributed by atoms with van der Waals surface area (Å²) in [6, 6.07) is 9.07. The van der Waals surface area contributed by atoms with E-state index in [0.29, 0.717) is 12.2 Å². The van der Waals surface area contributed by atoms with E-state index in [1.54, 1.807) is 6.20 Å². The molecule has 1 aromatic carbocycles. The van der Waals surface area contributed by atoms with E-state index in [0.717, 1.165) is 18.7 Å². The Balaban J connectivity index is 1.89. The summed E-state index contributed by atoms with van der Waals surface area (Å²) in [6.07, 6.45) is 3.57. The number of esters is 1. The van der Waals surface area contributed by atoms with Crippen LogP contribution in [0, 0.1) is 0 Å². The van der Waals surface area contributed by atoms with Gasteiger partial charge in [-0.25, -0.2) is 9.48 Å². The number of benzene rings is 1. The number of nitrogens with one attached hydrogen (secondary N) is 1. The lowest BCUT2D eigenvalue weighted by molar-refractivity contribution is 0.0527. The van der Waals surface area contributed by atoms with E-state index in [9.17, 15) is 4.79 Å². The minimum Gasteiger partial charge on any atom is -0.462 e. The summed E-state index contributed by atoms with van der Waals surface area (Å²) >= 11 is 0. The molecule has 0 spiro atoms. The molecule has 5 nitrogen and oxygen atoms in total. The summed E-state index contributed by atoms with van der Waals surface area (Å²) in [5.41, 5.74) is 3.07. The van der Waals surface area contributed by atoms with Gasteiger partial charge in [-0.3, -0.25) is 0 Å². The first-order valence-corrected chi connectivity index (χ1v) is 8.24. The van der Waals surface area contributed by atoms with Crippen molar-refractivity contribution in [2.75, 3.05) is 11.9 Å². The lowest BCUT2D eigenvalue weighted by atomic mass is 9.96. The van der Waals surface area contributed by atoms with Gasteiger partial charge in [-0.15, -0.1) is 0 Å². The van der Waals surface area contributed by atoms with Gasteiger partial charge < -0.3 is 10.1 Å². The van der Waals surface area contributed by atoms with Crippen molar-refractivity contribution >= 4 is 11.8 Å². The summed E-state index contributed by atoms with van der Waals surface area (Å²) in [5.74, 6) is 0.433. The summed E-state index contributed by atoms with van der Waals surface area (Å²) in [7, 11) is 0. The van der Waals surface area contributed by atoms with Crippen LogP contribution in [-0.2, 0) is 11.2 Å². The Morgan fingerprint density at radius 2 is 2.09 bits per heavy atom. The quantitative estimate of drug-likeness (QED) is 0.874. The number of nitrogens with zero attached hydrogens (tertiary/aromatic N) is 2. The number of rotatable bonds is 4. The smallest absolute Gasteiger partial charge is 0.343 e. The predicted molar refractivity (Wildman–Crippen MR) is 89.7 cm³/mol. The summed E-state index contributed by atoms with van der Waals surface area (Å²) < 4.78 is 7.00. The zero-order valence-electron chi connectivity index (χ0n) is 13.9. The van der Waals surface area contributed by atoms with Crippen LogP contribution in [0.1, 0.15) is 60.8 Å². The molecule has 1 aliphatic heterocycles. The molecule has 23 heavy (non-hydrogen) atoms. The summed E-state index contributed by atoms with van der Waals surface area (Å²) in [5, 5.41) is 7.82. The zero-order chi connectivity index (χ0) is 16.4. The highest BCUT2D eigenvalue weighted by Gasteiger charge is 2.29. The van der Waals surface area contributed by atoms with Gasteiger partial charge in [-0.1, -0.05) is 31.2 Å². The van der Waals surface area contributed by atoms with Crippen LogP contribution in [0.5, 0.6) is 0 Å². The summed E-state index contributed by atoms with van der Waals surface area (Å²) in [4.78, 5) is 12.1. The average Bonchev–Trinajstić information content (AvgIpc) is 3.00. The van der Waals surface area contributed by atoms with Gasteiger partial charge in [0.25, 0.3) is 0 Å². The van der Waals surface area contributed by atoms with Crippen LogP contribution < -0.4 is 5.32 Å². The van der Waals surface area contributed by atoms with E-state index < -0.39 is 0 Å². The molecule has 2 unspecified atom stereocenters. The number of fused-ring (bicyclic) bond motifs is 1. The van der Waals surface area contributed by atoms with E-state index >= 15 is 0 Å². The molecule has 0 amide bonds. The van der Waals surface area contributed by atoms with Gasteiger partial charge in [-0.2, -0.15) is 5.10 Å². The second-order valence-electron chi connectivity index (χ2n) is 5.95. The molecule has 0 saturated heterocycles. The van der Waals surface area contributed by atoms with Crippen LogP contribution in [0.15, 0.2) is 30.5 Å². The molecular weight excluding hydrogens is 290 g/mol. The Labute approximate surface area is 136 Å². The molecule has 0 fully saturated rings. The summed E-state index contributed by atoms with van der Waals surface area (Å²) in [6.45, 7) is 6.45. The normalized spacial score (nSPS) is 19.8. The molecular formula is C18H23N3O2. The van der Waals surface area contributed by atoms with Crippen LogP contribution in [0.25, 0.3) is 0 Å². The fraction of sp³-hybridized carbons (Fsp3) is 0.444. The molecule has 122 valence electrons. The van der Waals surface area contributed by atoms with E-state index in [1.807, 2.05) is 11.6 Å². The van der Waals surface area contributed by atoms with Gasteiger partial charge >= 0.3 is 5.97 Å². The number of anilines is 1. The third kappa shape index (κ3) is 2.96. The number of ether oxygens (including phenoxy) is 1. The largest absolute Gasteiger partial charge is 0.462 e. The topological polar surface area (TPSA) is 56.1 Å². The minimum atomic E-state index is -0.324. The molecule has 1 aliphatic rings. The van der Waals surface area contributed by atoms with E-state index in [2.05, 4.69) is 48.5 Å². The van der Waals surface area contributed by atoms with Gasteiger partial charge in [0.05, 0.1) is 24.9 Å². The van der Waals surface area contributed by atoms with Crippen LogP contribution in [-0.4, -0.2) is 22.4 Å². The fourth-order valence-corrected chi connectivity index (χ4v) is 3.07. The number of aryl methyl sites for hydroxylation is 1. The molecule has 2 atom stereocenters. The molecule has 1 aromatic heterocycles. The van der Waals surface area contributed by atoms with Crippen molar-refractivity contribution in [3.05, 3.63) is 47.2 Å². The highest BCUT2D eigenvalue weighted by atomic mass is 16.5. The van der Waals surface area contributed by atoms with Crippen molar-refractivity contribution in [1.29, 1.82) is 0 Å². The maximum Gasteiger partial charge on any atom is 0.343 e. The van der Waals surface area contributed by atoms with E-state index in [4.69, 9.17) is 4.74 Å². The molecule has 1 N–H and O–H groups in total. The van der Waals surface area contributed by atoms with Crippen molar-refractivity contribution in [3.63, 3.8) is 0 Å². The van der Waals surface area contributed by atoms with Crippen LogP contribution in [0.4, 0.5) is 5.82 Å². The monoisotopic (exact) mass is 313 g/mol. The van der Waals surface area contributed by atoms with Gasteiger partial charge in [0.2, 0.25) is 0 Å². The van der Waals surface area contributed by atoms with Gasteiger partial charge in [0.1, 0.15) is 11.4 Å². The van der Waals surface area contributed by atoms with Crippen molar-refractivity contribution in [2.45, 2.75) is 45.7 Å². The second kappa shape index (κ2) is 6.44. The van der Waals surface area contributed by atoms with Crippen molar-refractivity contribution in [2.24, 2.45) is 0 Å². The Morgan fingerprint density at radius 3 is 2.74 bits per heavy atom. The third-order valence-electron chi connectivity index (χ3n) is 4.39. The molecule has 0 saturated carbocycles. The van der Waals surface area contributed by atoms with Gasteiger partial charge in [0, 0.05) is 0 Å². The number of hydrogen-bond acceptors (Lipinski definition) is 4. The zero-order valence-corrected chi connectivity index (χ0v) is 13.9. The van der Waals surface area contributed by atoms with Gasteiger partial charge in [0.15, 0.2) is 0 Å². The predicted octanol–water partition coefficient (Wildman–Crippen LogP) is 3.74. The second-order valence-corrected chi connectivity index (χ2v) is 5.95. The van der Waals surface area contributed by atoms with Crippen LogP contribution in [0.3, 0.4) is 0 Å². The maximum atomic E-state index is 12.1. The lowest BCUT2D eigenvalue weighted by Crippen LogP contribution is -2.26. The van der Waals surface area contributed by atoms with Crippen LogP contribution >= 0.6 is 0 Å². The van der Waals surface area contributed by atoms with Crippen molar-refractivity contribution in [1.82, 2.24) is 9.78 Å². The Kier molecular flexibility index (Phi) is 4.37. The molecule has 5 heteroatoms. The highest BCUT2D eigenvalue weighted by Crippen LogP contribution is 2.36. The number of hydrogen-bond donors (Lipinski definition) is 1. The average molecular weight is 313 g/mol. The Hall–Kier alpha value is -2.30. The van der Waals surface area contributed by atoms with E-state index in [-0.39, 0.29) is 18.1 Å². The lowest BCUT2D eigenvalue weighted by Gasteiger charge is -2.31. The molecule has 2 heterocycles.